The van der Waals surface area contributed by atoms with Crippen LogP contribution in [-0.4, -0.2) is 39.0 Å². The van der Waals surface area contributed by atoms with Crippen LogP contribution in [0.1, 0.15) is 52.4 Å². The number of hydrogen-bond acceptors (Lipinski definition) is 3. The van der Waals surface area contributed by atoms with Gasteiger partial charge in [0.2, 0.25) is 0 Å². The van der Waals surface area contributed by atoms with Crippen molar-refractivity contribution in [3.63, 3.8) is 0 Å². The Balaban J connectivity index is 1.75. The minimum absolute atomic E-state index is 0.464. The third-order valence-corrected chi connectivity index (χ3v) is 3.32. The van der Waals surface area contributed by atoms with Crippen LogP contribution in [0.5, 0.6) is 0 Å². The Kier molecular flexibility index (Phi) is 9.54. The Morgan fingerprint density at radius 1 is 1.11 bits per heavy atom. The first kappa shape index (κ1) is 15.9. The second-order valence-electron chi connectivity index (χ2n) is 5.69. The summed E-state index contributed by atoms with van der Waals surface area (Å²) in [5, 5.41) is 3.48. The fourth-order valence-corrected chi connectivity index (χ4v) is 2.19. The molecular weight excluding hydrogens is 226 g/mol. The fraction of sp³-hybridized carbons (Fsp3) is 1.00. The van der Waals surface area contributed by atoms with E-state index in [0.29, 0.717) is 6.10 Å². The lowest BCUT2D eigenvalue weighted by Crippen LogP contribution is -2.23. The lowest BCUT2D eigenvalue weighted by atomic mass is 10.1. The molecule has 0 bridgehead atoms. The van der Waals surface area contributed by atoms with Crippen LogP contribution in [-0.2, 0) is 9.47 Å². The molecule has 3 heteroatoms. The van der Waals surface area contributed by atoms with E-state index >= 15 is 0 Å². The van der Waals surface area contributed by atoms with Gasteiger partial charge in [-0.2, -0.15) is 0 Å². The zero-order valence-corrected chi connectivity index (χ0v) is 12.2. The van der Waals surface area contributed by atoms with Crippen LogP contribution in [0.2, 0.25) is 0 Å². The Hall–Kier alpha value is -0.120. The first-order valence-electron chi connectivity index (χ1n) is 7.69. The summed E-state index contributed by atoms with van der Waals surface area (Å²) in [6.45, 7) is 9.51. The van der Waals surface area contributed by atoms with Crippen molar-refractivity contribution >= 4 is 0 Å². The van der Waals surface area contributed by atoms with E-state index in [1.807, 2.05) is 0 Å². The molecule has 1 rings (SSSR count). The van der Waals surface area contributed by atoms with Crippen molar-refractivity contribution in [1.82, 2.24) is 5.32 Å². The fourth-order valence-electron chi connectivity index (χ4n) is 2.19. The molecule has 0 spiro atoms. The standard InChI is InChI=1S/C15H31NO2/c1-14(2)13-16-9-5-3-4-6-10-18-15-7-11-17-12-8-15/h14-16H,3-13H2,1-2H3. The highest BCUT2D eigenvalue weighted by Gasteiger charge is 2.13. The molecule has 0 radical (unpaired) electrons. The Morgan fingerprint density at radius 3 is 2.56 bits per heavy atom. The zero-order valence-electron chi connectivity index (χ0n) is 12.2. The van der Waals surface area contributed by atoms with Crippen LogP contribution in [0.4, 0.5) is 0 Å². The van der Waals surface area contributed by atoms with Gasteiger partial charge in [0.05, 0.1) is 6.10 Å². The number of hydrogen-bond donors (Lipinski definition) is 1. The largest absolute Gasteiger partial charge is 0.381 e. The van der Waals surface area contributed by atoms with Gasteiger partial charge in [0.1, 0.15) is 0 Å². The summed E-state index contributed by atoms with van der Waals surface area (Å²) >= 11 is 0. The van der Waals surface area contributed by atoms with Crippen molar-refractivity contribution in [3.05, 3.63) is 0 Å². The highest BCUT2D eigenvalue weighted by molar-refractivity contribution is 4.62. The van der Waals surface area contributed by atoms with Crippen molar-refractivity contribution in [2.75, 3.05) is 32.9 Å². The van der Waals surface area contributed by atoms with Crippen molar-refractivity contribution in [2.45, 2.75) is 58.5 Å². The van der Waals surface area contributed by atoms with Gasteiger partial charge in [-0.05, 0) is 44.7 Å². The van der Waals surface area contributed by atoms with Gasteiger partial charge < -0.3 is 14.8 Å². The van der Waals surface area contributed by atoms with Crippen molar-refractivity contribution in [1.29, 1.82) is 0 Å². The molecule has 0 aromatic rings. The first-order chi connectivity index (χ1) is 8.79. The van der Waals surface area contributed by atoms with Gasteiger partial charge in [0, 0.05) is 19.8 Å². The third-order valence-electron chi connectivity index (χ3n) is 3.32. The molecule has 0 amide bonds. The highest BCUT2D eigenvalue weighted by Crippen LogP contribution is 2.11. The minimum Gasteiger partial charge on any atom is -0.381 e. The Morgan fingerprint density at radius 2 is 1.83 bits per heavy atom. The molecule has 1 heterocycles. The van der Waals surface area contributed by atoms with Crippen LogP contribution < -0.4 is 5.32 Å². The predicted molar refractivity (Wildman–Crippen MR) is 76.0 cm³/mol. The molecule has 1 N–H and O–H groups in total. The average molecular weight is 257 g/mol. The average Bonchev–Trinajstić information content (AvgIpc) is 2.37. The normalized spacial score (nSPS) is 17.5. The monoisotopic (exact) mass is 257 g/mol. The molecule has 1 aliphatic rings. The number of nitrogens with one attached hydrogen (secondary N) is 1. The van der Waals surface area contributed by atoms with Gasteiger partial charge in [0.25, 0.3) is 0 Å². The lowest BCUT2D eigenvalue weighted by molar-refractivity contribution is -0.0327. The third kappa shape index (κ3) is 8.90. The summed E-state index contributed by atoms with van der Waals surface area (Å²) < 4.78 is 11.2. The molecule has 0 saturated carbocycles. The number of ether oxygens (including phenoxy) is 2. The van der Waals surface area contributed by atoms with Crippen LogP contribution in [0.15, 0.2) is 0 Å². The second-order valence-corrected chi connectivity index (χ2v) is 5.69. The smallest absolute Gasteiger partial charge is 0.0619 e. The van der Waals surface area contributed by atoms with Crippen LogP contribution in [0.3, 0.4) is 0 Å². The predicted octanol–water partition coefficient (Wildman–Crippen LogP) is 2.99. The maximum absolute atomic E-state index is 5.85. The highest BCUT2D eigenvalue weighted by atomic mass is 16.5. The first-order valence-corrected chi connectivity index (χ1v) is 7.69. The Bertz CT molecular complexity index is 179. The molecule has 3 nitrogen and oxygen atoms in total. The zero-order chi connectivity index (χ0) is 13.1. The van der Waals surface area contributed by atoms with Gasteiger partial charge in [-0.3, -0.25) is 0 Å². The van der Waals surface area contributed by atoms with Gasteiger partial charge in [0.15, 0.2) is 0 Å². The molecule has 0 aromatic heterocycles. The van der Waals surface area contributed by atoms with E-state index in [-0.39, 0.29) is 0 Å². The van der Waals surface area contributed by atoms with E-state index in [2.05, 4.69) is 19.2 Å². The molecule has 0 atom stereocenters. The van der Waals surface area contributed by atoms with E-state index in [0.717, 1.165) is 45.1 Å². The summed E-state index contributed by atoms with van der Waals surface area (Å²) in [5.41, 5.74) is 0. The van der Waals surface area contributed by atoms with Crippen molar-refractivity contribution in [3.8, 4) is 0 Å². The summed E-state index contributed by atoms with van der Waals surface area (Å²) in [6.07, 6.45) is 7.75. The molecule has 108 valence electrons. The Labute approximate surface area is 113 Å². The van der Waals surface area contributed by atoms with Gasteiger partial charge in [-0.25, -0.2) is 0 Å². The van der Waals surface area contributed by atoms with Gasteiger partial charge in [-0.15, -0.1) is 0 Å². The number of unbranched alkanes of at least 4 members (excludes halogenated alkanes) is 3. The van der Waals surface area contributed by atoms with Gasteiger partial charge >= 0.3 is 0 Å². The van der Waals surface area contributed by atoms with E-state index < -0.39 is 0 Å². The maximum atomic E-state index is 5.85. The molecule has 0 unspecified atom stereocenters. The van der Waals surface area contributed by atoms with Crippen molar-refractivity contribution < 1.29 is 9.47 Å². The maximum Gasteiger partial charge on any atom is 0.0619 e. The lowest BCUT2D eigenvalue weighted by Gasteiger charge is -2.22. The summed E-state index contributed by atoms with van der Waals surface area (Å²) in [6, 6.07) is 0. The van der Waals surface area contributed by atoms with E-state index in [9.17, 15) is 0 Å². The number of rotatable bonds is 10. The molecule has 0 aromatic carbocycles. The summed E-state index contributed by atoms with van der Waals surface area (Å²) in [4.78, 5) is 0. The summed E-state index contributed by atoms with van der Waals surface area (Å²) in [7, 11) is 0. The molecule has 1 aliphatic heterocycles. The van der Waals surface area contributed by atoms with E-state index in [4.69, 9.17) is 9.47 Å². The van der Waals surface area contributed by atoms with E-state index in [1.165, 1.54) is 32.2 Å². The summed E-state index contributed by atoms with van der Waals surface area (Å²) in [5.74, 6) is 0.762. The van der Waals surface area contributed by atoms with Crippen LogP contribution >= 0.6 is 0 Å². The minimum atomic E-state index is 0.464. The SMILES string of the molecule is CC(C)CNCCCCCCOC1CCOCC1. The van der Waals surface area contributed by atoms with E-state index in [1.54, 1.807) is 0 Å². The molecule has 1 saturated heterocycles. The quantitative estimate of drug-likeness (QED) is 0.610. The molecule has 0 aliphatic carbocycles. The van der Waals surface area contributed by atoms with Crippen LogP contribution in [0.25, 0.3) is 0 Å². The molecule has 18 heavy (non-hydrogen) atoms. The molecule has 1 fully saturated rings. The van der Waals surface area contributed by atoms with Crippen molar-refractivity contribution in [2.24, 2.45) is 5.92 Å². The van der Waals surface area contributed by atoms with Gasteiger partial charge in [-0.1, -0.05) is 26.7 Å². The topological polar surface area (TPSA) is 30.5 Å². The molecular formula is C15H31NO2. The van der Waals surface area contributed by atoms with Crippen LogP contribution in [0, 0.1) is 5.92 Å². The second kappa shape index (κ2) is 10.8.